The highest BCUT2D eigenvalue weighted by molar-refractivity contribution is 7.93. The molecule has 0 saturated carbocycles. The molecule has 14 heteroatoms. The molecular weight excluding hydrogens is 614 g/mol. The van der Waals surface area contributed by atoms with Gasteiger partial charge in [0.05, 0.1) is 9.79 Å². The molecule has 10 nitrogen and oxygen atoms in total. The second kappa shape index (κ2) is 14.1. The van der Waals surface area contributed by atoms with Crippen molar-refractivity contribution in [1.29, 1.82) is 0 Å². The fourth-order valence-corrected chi connectivity index (χ4v) is 6.03. The van der Waals surface area contributed by atoms with E-state index in [-0.39, 0.29) is 45.8 Å². The zero-order valence-electron chi connectivity index (χ0n) is 23.1. The normalized spacial score (nSPS) is 11.4. The SMILES string of the molecule is O=C(CCCCC(=O)Nc1ccc(S(=O)(=O)Nc2ccc(F)cc2)cc1)Nc1ccc(S(=O)(=O)Nc2ccc(F)cc2)cc1. The molecule has 0 fully saturated rings. The lowest BCUT2D eigenvalue weighted by Crippen LogP contribution is -2.15. The first-order valence-electron chi connectivity index (χ1n) is 13.3. The molecule has 0 heterocycles. The summed E-state index contributed by atoms with van der Waals surface area (Å²) in [5.74, 6) is -1.60. The molecule has 4 N–H and O–H groups in total. The highest BCUT2D eigenvalue weighted by atomic mass is 32.2. The standard InChI is InChI=1S/C30H28F2N4O6S2/c31-21-5-9-25(10-6-21)35-43(39,40)27-17-13-23(14-18-27)33-29(37)3-1-2-4-30(38)34-24-15-19-28(20-16-24)44(41,42)36-26-11-7-22(32)8-12-26/h5-20,35-36H,1-4H2,(H,33,37)(H,34,38). The van der Waals surface area contributed by atoms with Crippen molar-refractivity contribution in [1.82, 2.24) is 0 Å². The number of nitrogens with one attached hydrogen (secondary N) is 4. The minimum absolute atomic E-state index is 0.0382. The highest BCUT2D eigenvalue weighted by Gasteiger charge is 2.16. The van der Waals surface area contributed by atoms with Crippen LogP contribution in [0, 0.1) is 11.6 Å². The molecule has 0 spiro atoms. The summed E-state index contributed by atoms with van der Waals surface area (Å²) in [6.45, 7) is 0. The van der Waals surface area contributed by atoms with Gasteiger partial charge >= 0.3 is 0 Å². The molecule has 0 atom stereocenters. The van der Waals surface area contributed by atoms with E-state index in [9.17, 15) is 35.2 Å². The molecule has 0 aliphatic rings. The average Bonchev–Trinajstić information content (AvgIpc) is 2.98. The Morgan fingerprint density at radius 3 is 1.09 bits per heavy atom. The van der Waals surface area contributed by atoms with E-state index >= 15 is 0 Å². The first-order chi connectivity index (χ1) is 20.9. The summed E-state index contributed by atoms with van der Waals surface area (Å²) in [5.41, 5.74) is 1.20. The van der Waals surface area contributed by atoms with Crippen LogP contribution in [0.3, 0.4) is 0 Å². The predicted molar refractivity (Wildman–Crippen MR) is 163 cm³/mol. The molecule has 0 aromatic heterocycles. The van der Waals surface area contributed by atoms with Crippen LogP contribution in [0.4, 0.5) is 31.5 Å². The lowest BCUT2D eigenvalue weighted by molar-refractivity contribution is -0.118. The number of carbonyl (C=O) groups excluding carboxylic acids is 2. The molecule has 0 aliphatic carbocycles. The van der Waals surface area contributed by atoms with Crippen molar-refractivity contribution < 1.29 is 35.2 Å². The number of benzene rings is 4. The van der Waals surface area contributed by atoms with Crippen molar-refractivity contribution >= 4 is 54.6 Å². The highest BCUT2D eigenvalue weighted by Crippen LogP contribution is 2.20. The lowest BCUT2D eigenvalue weighted by Gasteiger charge is -2.10. The van der Waals surface area contributed by atoms with E-state index in [2.05, 4.69) is 20.1 Å². The quantitative estimate of drug-likeness (QED) is 0.137. The van der Waals surface area contributed by atoms with Gasteiger partial charge in [-0.1, -0.05) is 0 Å². The fraction of sp³-hybridized carbons (Fsp3) is 0.133. The van der Waals surface area contributed by atoms with Crippen molar-refractivity contribution in [3.8, 4) is 0 Å². The zero-order valence-corrected chi connectivity index (χ0v) is 24.7. The summed E-state index contributed by atoms with van der Waals surface area (Å²) in [5, 5.41) is 5.34. The summed E-state index contributed by atoms with van der Waals surface area (Å²) in [4.78, 5) is 24.5. The molecule has 44 heavy (non-hydrogen) atoms. The number of carbonyl (C=O) groups is 2. The van der Waals surface area contributed by atoms with Crippen molar-refractivity contribution in [3.63, 3.8) is 0 Å². The molecule has 4 aromatic rings. The number of sulfonamides is 2. The average molecular weight is 643 g/mol. The van der Waals surface area contributed by atoms with Crippen molar-refractivity contribution in [2.45, 2.75) is 35.5 Å². The van der Waals surface area contributed by atoms with Crippen molar-refractivity contribution in [3.05, 3.63) is 109 Å². The number of unbranched alkanes of at least 4 members (excludes halogenated alkanes) is 1. The summed E-state index contributed by atoms with van der Waals surface area (Å²) in [7, 11) is -7.81. The Labute approximate surface area is 253 Å². The Bertz CT molecular complexity index is 1680. The van der Waals surface area contributed by atoms with Gasteiger partial charge in [-0.25, -0.2) is 25.6 Å². The Hall–Kier alpha value is -4.82. The largest absolute Gasteiger partial charge is 0.326 e. The minimum Gasteiger partial charge on any atom is -0.326 e. The van der Waals surface area contributed by atoms with Crippen LogP contribution in [0.25, 0.3) is 0 Å². The zero-order chi connectivity index (χ0) is 31.7. The van der Waals surface area contributed by atoms with Crippen molar-refractivity contribution in [2.24, 2.45) is 0 Å². The van der Waals surface area contributed by atoms with Crippen LogP contribution in [0.15, 0.2) is 107 Å². The summed E-state index contributed by atoms with van der Waals surface area (Å²) >= 11 is 0. The van der Waals surface area contributed by atoms with E-state index in [1.807, 2.05) is 0 Å². The number of anilines is 4. The van der Waals surface area contributed by atoms with E-state index in [1.54, 1.807) is 0 Å². The third kappa shape index (κ3) is 9.34. The Morgan fingerprint density at radius 2 is 0.773 bits per heavy atom. The monoisotopic (exact) mass is 642 g/mol. The summed E-state index contributed by atoms with van der Waals surface area (Å²) in [6.07, 6.45) is 1.10. The number of halogens is 2. The fourth-order valence-electron chi connectivity index (χ4n) is 3.92. The van der Waals surface area contributed by atoms with Crippen molar-refractivity contribution in [2.75, 3.05) is 20.1 Å². The maximum Gasteiger partial charge on any atom is 0.261 e. The maximum atomic E-state index is 13.0. The Balaban J connectivity index is 1.17. The first kappa shape index (κ1) is 32.1. The number of rotatable bonds is 13. The van der Waals surface area contributed by atoms with E-state index in [4.69, 9.17) is 0 Å². The minimum atomic E-state index is -3.90. The molecule has 0 saturated heterocycles. The van der Waals surface area contributed by atoms with E-state index in [0.29, 0.717) is 24.2 Å². The van der Waals surface area contributed by atoms with Gasteiger partial charge in [0.25, 0.3) is 20.0 Å². The van der Waals surface area contributed by atoms with Crippen LogP contribution in [0.2, 0.25) is 0 Å². The molecular formula is C30H28F2N4O6S2. The number of amides is 2. The van der Waals surface area contributed by atoms with Gasteiger partial charge in [-0.3, -0.25) is 19.0 Å². The molecule has 0 unspecified atom stereocenters. The van der Waals surface area contributed by atoms with Gasteiger partial charge in [0.1, 0.15) is 11.6 Å². The van der Waals surface area contributed by atoms with Gasteiger partial charge in [-0.05, 0) is 110 Å². The summed E-state index contributed by atoms with van der Waals surface area (Å²) in [6, 6.07) is 20.8. The maximum absolute atomic E-state index is 13.0. The molecule has 0 bridgehead atoms. The third-order valence-electron chi connectivity index (χ3n) is 6.15. The second-order valence-electron chi connectivity index (χ2n) is 9.58. The second-order valence-corrected chi connectivity index (χ2v) is 12.9. The van der Waals surface area contributed by atoms with Gasteiger partial charge in [0.2, 0.25) is 11.8 Å². The van der Waals surface area contributed by atoms with Crippen LogP contribution in [-0.4, -0.2) is 28.6 Å². The molecule has 2 amide bonds. The smallest absolute Gasteiger partial charge is 0.261 e. The van der Waals surface area contributed by atoms with Crippen LogP contribution < -0.4 is 20.1 Å². The predicted octanol–water partition coefficient (Wildman–Crippen LogP) is 5.70. The molecule has 4 rings (SSSR count). The van der Waals surface area contributed by atoms with Gasteiger partial charge < -0.3 is 10.6 Å². The molecule has 0 aliphatic heterocycles. The van der Waals surface area contributed by atoms with E-state index in [1.165, 1.54) is 72.8 Å². The van der Waals surface area contributed by atoms with Gasteiger partial charge in [0.15, 0.2) is 0 Å². The van der Waals surface area contributed by atoms with E-state index < -0.39 is 31.7 Å². The van der Waals surface area contributed by atoms with Crippen LogP contribution in [0.5, 0.6) is 0 Å². The van der Waals surface area contributed by atoms with Gasteiger partial charge in [-0.2, -0.15) is 0 Å². The van der Waals surface area contributed by atoms with Crippen LogP contribution in [0.1, 0.15) is 25.7 Å². The third-order valence-corrected chi connectivity index (χ3v) is 8.94. The first-order valence-corrected chi connectivity index (χ1v) is 16.2. The van der Waals surface area contributed by atoms with Crippen LogP contribution in [-0.2, 0) is 29.6 Å². The van der Waals surface area contributed by atoms with Gasteiger partial charge in [0, 0.05) is 35.6 Å². The topological polar surface area (TPSA) is 151 Å². The van der Waals surface area contributed by atoms with Crippen LogP contribution >= 0.6 is 0 Å². The van der Waals surface area contributed by atoms with Gasteiger partial charge in [-0.15, -0.1) is 0 Å². The molecule has 4 aromatic carbocycles. The Morgan fingerprint density at radius 1 is 0.477 bits per heavy atom. The summed E-state index contributed by atoms with van der Waals surface area (Å²) < 4.78 is 80.9. The lowest BCUT2D eigenvalue weighted by atomic mass is 10.1. The number of hydrogen-bond acceptors (Lipinski definition) is 6. The molecule has 0 radical (unpaired) electrons. The molecule has 230 valence electrons. The van der Waals surface area contributed by atoms with E-state index in [0.717, 1.165) is 24.3 Å². The Kier molecular flexibility index (Phi) is 10.3. The number of hydrogen-bond donors (Lipinski definition) is 4.